The van der Waals surface area contributed by atoms with Crippen LogP contribution in [-0.4, -0.2) is 68.8 Å². The molecule has 8 heteroatoms. The predicted molar refractivity (Wildman–Crippen MR) is 133 cm³/mol. The molecule has 0 bridgehead atoms. The van der Waals surface area contributed by atoms with E-state index in [0.29, 0.717) is 18.1 Å². The van der Waals surface area contributed by atoms with Crippen LogP contribution in [0.5, 0.6) is 5.75 Å². The number of nitrogens with zero attached hydrogens (tertiary/aromatic N) is 1. The van der Waals surface area contributed by atoms with Crippen molar-refractivity contribution in [3.05, 3.63) is 35.9 Å². The van der Waals surface area contributed by atoms with E-state index in [1.807, 2.05) is 37.4 Å². The van der Waals surface area contributed by atoms with Crippen molar-refractivity contribution in [1.29, 1.82) is 5.41 Å². The first-order valence-corrected chi connectivity index (χ1v) is 11.2. The van der Waals surface area contributed by atoms with Gasteiger partial charge in [0, 0.05) is 36.6 Å². The third-order valence-electron chi connectivity index (χ3n) is 4.81. The first-order chi connectivity index (χ1) is 15.5. The molecule has 1 atom stereocenters. The largest absolute Gasteiger partial charge is 0.491 e. The van der Waals surface area contributed by atoms with Crippen molar-refractivity contribution in [1.82, 2.24) is 15.6 Å². The van der Waals surface area contributed by atoms with Gasteiger partial charge in [0.05, 0.1) is 11.3 Å². The molecule has 8 nitrogen and oxygen atoms in total. The summed E-state index contributed by atoms with van der Waals surface area (Å²) in [5.74, 6) is 1.36. The Balaban J connectivity index is 2.30. The summed E-state index contributed by atoms with van der Waals surface area (Å²) in [5.41, 5.74) is 3.33. The molecule has 2 rings (SSSR count). The highest BCUT2D eigenvalue weighted by Gasteiger charge is 2.14. The maximum absolute atomic E-state index is 9.91. The van der Waals surface area contributed by atoms with E-state index in [1.165, 1.54) is 6.21 Å². The number of hydrogen-bond acceptors (Lipinski definition) is 8. The number of aromatic nitrogens is 1. The number of benzene rings is 1. The van der Waals surface area contributed by atoms with E-state index in [1.54, 1.807) is 7.05 Å². The standard InChI is InChI=1S/C24H38N6O2/c1-17(2)29-24-21(14-25)23(28-11-6-5-10-26-3)13-22(30-24)18-8-7-9-20(12-18)32-16-19(31)15-27-4/h7-9,12-14,17,19,25-27,31H,5-6,10-11,15-16H2,1-4H3,(H2,28,29,30). The van der Waals surface area contributed by atoms with Crippen LogP contribution in [0.3, 0.4) is 0 Å². The molecule has 1 heterocycles. The molecule has 0 aliphatic rings. The van der Waals surface area contributed by atoms with Crippen molar-refractivity contribution in [3.8, 4) is 17.0 Å². The van der Waals surface area contributed by atoms with E-state index < -0.39 is 6.10 Å². The van der Waals surface area contributed by atoms with E-state index in [9.17, 15) is 5.11 Å². The fourth-order valence-corrected chi connectivity index (χ4v) is 3.26. The molecule has 1 aromatic carbocycles. The van der Waals surface area contributed by atoms with Crippen LogP contribution in [-0.2, 0) is 0 Å². The van der Waals surface area contributed by atoms with Gasteiger partial charge < -0.3 is 36.5 Å². The number of pyridine rings is 1. The van der Waals surface area contributed by atoms with E-state index in [2.05, 4.69) is 35.1 Å². The quantitative estimate of drug-likeness (QED) is 0.186. The van der Waals surface area contributed by atoms with Gasteiger partial charge in [-0.15, -0.1) is 0 Å². The van der Waals surface area contributed by atoms with Crippen LogP contribution < -0.4 is 26.0 Å². The first kappa shape index (κ1) is 25.6. The SMILES string of the molecule is CNCCCCNc1cc(-c2cccc(OCC(O)CNC)c2)nc(NC(C)C)c1C=N. The van der Waals surface area contributed by atoms with Gasteiger partial charge >= 0.3 is 0 Å². The molecule has 176 valence electrons. The van der Waals surface area contributed by atoms with Crippen LogP contribution in [0, 0.1) is 5.41 Å². The van der Waals surface area contributed by atoms with Gasteiger partial charge in [0.15, 0.2) is 0 Å². The van der Waals surface area contributed by atoms with Gasteiger partial charge in [-0.2, -0.15) is 0 Å². The molecule has 1 unspecified atom stereocenters. The molecule has 0 aliphatic carbocycles. The number of anilines is 2. The lowest BCUT2D eigenvalue weighted by Crippen LogP contribution is -2.29. The smallest absolute Gasteiger partial charge is 0.137 e. The Morgan fingerprint density at radius 3 is 2.59 bits per heavy atom. The summed E-state index contributed by atoms with van der Waals surface area (Å²) >= 11 is 0. The molecule has 32 heavy (non-hydrogen) atoms. The van der Waals surface area contributed by atoms with Gasteiger partial charge in [-0.05, 0) is 65.5 Å². The number of nitrogens with one attached hydrogen (secondary N) is 5. The predicted octanol–water partition coefficient (Wildman–Crippen LogP) is 2.94. The number of hydrogen-bond donors (Lipinski definition) is 6. The van der Waals surface area contributed by atoms with Gasteiger partial charge in [0.2, 0.25) is 0 Å². The summed E-state index contributed by atoms with van der Waals surface area (Å²) in [6, 6.07) is 9.87. The minimum atomic E-state index is -0.575. The zero-order chi connectivity index (χ0) is 23.3. The lowest BCUT2D eigenvalue weighted by Gasteiger charge is -2.18. The fraction of sp³-hybridized carbons (Fsp3) is 0.500. The van der Waals surface area contributed by atoms with Gasteiger partial charge in [-0.1, -0.05) is 12.1 Å². The molecule has 0 fully saturated rings. The topological polar surface area (TPSA) is 114 Å². The van der Waals surface area contributed by atoms with E-state index in [4.69, 9.17) is 15.1 Å². The molecule has 2 aromatic rings. The van der Waals surface area contributed by atoms with Crippen LogP contribution in [0.2, 0.25) is 0 Å². The Bertz CT molecular complexity index is 843. The zero-order valence-electron chi connectivity index (χ0n) is 19.7. The van der Waals surface area contributed by atoms with Crippen LogP contribution in [0.25, 0.3) is 11.3 Å². The zero-order valence-corrected chi connectivity index (χ0v) is 19.7. The minimum Gasteiger partial charge on any atom is -0.491 e. The summed E-state index contributed by atoms with van der Waals surface area (Å²) in [7, 11) is 3.75. The molecule has 0 amide bonds. The second-order valence-corrected chi connectivity index (χ2v) is 8.05. The summed E-state index contributed by atoms with van der Waals surface area (Å²) in [5, 5.41) is 30.8. The average molecular weight is 443 g/mol. The summed E-state index contributed by atoms with van der Waals surface area (Å²) in [4.78, 5) is 4.81. The lowest BCUT2D eigenvalue weighted by atomic mass is 10.1. The second-order valence-electron chi connectivity index (χ2n) is 8.05. The lowest BCUT2D eigenvalue weighted by molar-refractivity contribution is 0.108. The third-order valence-corrected chi connectivity index (χ3v) is 4.81. The number of aliphatic hydroxyl groups is 1. The third kappa shape index (κ3) is 8.11. The monoisotopic (exact) mass is 442 g/mol. The number of unbranched alkanes of at least 4 members (excludes halogenated alkanes) is 1. The van der Waals surface area contributed by atoms with Gasteiger partial charge in [0.25, 0.3) is 0 Å². The summed E-state index contributed by atoms with van der Waals surface area (Å²) in [6.45, 7) is 6.59. The summed E-state index contributed by atoms with van der Waals surface area (Å²) < 4.78 is 5.76. The normalized spacial score (nSPS) is 11.9. The van der Waals surface area contributed by atoms with Gasteiger partial charge in [-0.3, -0.25) is 0 Å². The maximum Gasteiger partial charge on any atom is 0.137 e. The summed E-state index contributed by atoms with van der Waals surface area (Å²) in [6.07, 6.45) is 2.88. The Labute approximate surface area is 191 Å². The van der Waals surface area contributed by atoms with E-state index in [-0.39, 0.29) is 12.6 Å². The van der Waals surface area contributed by atoms with E-state index in [0.717, 1.165) is 48.4 Å². The number of aliphatic hydroxyl groups excluding tert-OH is 1. The molecule has 0 aliphatic heterocycles. The minimum absolute atomic E-state index is 0.184. The highest BCUT2D eigenvalue weighted by atomic mass is 16.5. The molecule has 6 N–H and O–H groups in total. The van der Waals surface area contributed by atoms with E-state index >= 15 is 0 Å². The molecule has 1 aromatic heterocycles. The second kappa shape index (κ2) is 13.7. The van der Waals surface area contributed by atoms with Crippen molar-refractivity contribution in [2.24, 2.45) is 0 Å². The molecule has 0 radical (unpaired) electrons. The number of rotatable bonds is 15. The van der Waals surface area contributed by atoms with Crippen LogP contribution >= 0.6 is 0 Å². The Morgan fingerprint density at radius 1 is 1.12 bits per heavy atom. The van der Waals surface area contributed by atoms with Crippen molar-refractivity contribution in [2.45, 2.75) is 38.8 Å². The molecular weight excluding hydrogens is 404 g/mol. The van der Waals surface area contributed by atoms with Gasteiger partial charge in [0.1, 0.15) is 24.3 Å². The molecular formula is C24H38N6O2. The maximum atomic E-state index is 9.91. The van der Waals surface area contributed by atoms with Crippen LogP contribution in [0.1, 0.15) is 32.3 Å². The fourth-order valence-electron chi connectivity index (χ4n) is 3.26. The average Bonchev–Trinajstić information content (AvgIpc) is 2.77. The molecule has 0 spiro atoms. The molecule has 0 saturated heterocycles. The van der Waals surface area contributed by atoms with Crippen molar-refractivity contribution in [3.63, 3.8) is 0 Å². The van der Waals surface area contributed by atoms with Crippen molar-refractivity contribution in [2.75, 3.05) is 51.0 Å². The number of ether oxygens (including phenoxy) is 1. The van der Waals surface area contributed by atoms with Crippen molar-refractivity contribution >= 4 is 17.7 Å². The van der Waals surface area contributed by atoms with Crippen molar-refractivity contribution < 1.29 is 9.84 Å². The van der Waals surface area contributed by atoms with Gasteiger partial charge in [-0.25, -0.2) is 4.98 Å². The highest BCUT2D eigenvalue weighted by molar-refractivity contribution is 5.93. The van der Waals surface area contributed by atoms with Crippen LogP contribution in [0.15, 0.2) is 30.3 Å². The highest BCUT2D eigenvalue weighted by Crippen LogP contribution is 2.30. The first-order valence-electron chi connectivity index (χ1n) is 11.2. The van der Waals surface area contributed by atoms with Crippen LogP contribution in [0.4, 0.5) is 11.5 Å². The Hall–Kier alpha value is -2.68. The Morgan fingerprint density at radius 2 is 1.91 bits per heavy atom. The Kier molecular flexibility index (Phi) is 10.9. The molecule has 0 saturated carbocycles. The number of likely N-dealkylation sites (N-methyl/N-ethyl adjacent to an activating group) is 1.